The molecule has 1 aromatic rings. The highest BCUT2D eigenvalue weighted by Gasteiger charge is 1.96. The molecule has 10 heavy (non-hydrogen) atoms. The van der Waals surface area contributed by atoms with Crippen LogP contribution in [-0.2, 0) is 0 Å². The quantitative estimate of drug-likeness (QED) is 0.543. The van der Waals surface area contributed by atoms with E-state index in [4.69, 9.17) is 11.6 Å². The molecule has 0 atom stereocenters. The van der Waals surface area contributed by atoms with E-state index in [1.165, 1.54) is 3.97 Å². The third-order valence-electron chi connectivity index (χ3n) is 0.956. The topological polar surface area (TPSA) is 22.0 Å². The van der Waals surface area contributed by atoms with E-state index in [-0.39, 0.29) is 10.6 Å². The van der Waals surface area contributed by atoms with Crippen molar-refractivity contribution in [3.8, 4) is 0 Å². The number of hydrogen-bond donors (Lipinski definition) is 1. The molecule has 1 heterocycles. The summed E-state index contributed by atoms with van der Waals surface area (Å²) in [5.74, 6) is 0. The summed E-state index contributed by atoms with van der Waals surface area (Å²) in [6, 6.07) is 3.23. The predicted octanol–water partition coefficient (Wildman–Crippen LogP) is 1.84. The van der Waals surface area contributed by atoms with Crippen LogP contribution in [-0.4, -0.2) is 3.97 Å². The number of thiol groups is 1. The predicted molar refractivity (Wildman–Crippen MR) is 47.7 cm³/mol. The highest BCUT2D eigenvalue weighted by Crippen LogP contribution is 2.08. The van der Waals surface area contributed by atoms with Crippen LogP contribution in [0.15, 0.2) is 23.1 Å². The lowest BCUT2D eigenvalue weighted by Crippen LogP contribution is -2.12. The second kappa shape index (κ2) is 3.37. The Morgan fingerprint density at radius 1 is 1.70 bits per heavy atom. The van der Waals surface area contributed by atoms with Gasteiger partial charge in [-0.25, -0.2) is 3.97 Å². The van der Waals surface area contributed by atoms with Crippen LogP contribution in [0.25, 0.3) is 0 Å². The first-order chi connectivity index (χ1) is 4.75. The van der Waals surface area contributed by atoms with E-state index in [0.29, 0.717) is 0 Å². The van der Waals surface area contributed by atoms with Crippen LogP contribution in [0.1, 0.15) is 0 Å². The van der Waals surface area contributed by atoms with E-state index in [0.717, 1.165) is 11.0 Å². The first-order valence-electron chi connectivity index (χ1n) is 2.45. The monoisotopic (exact) mass is 193 g/mol. The number of rotatable bonds is 1. The molecule has 54 valence electrons. The zero-order valence-corrected chi connectivity index (χ0v) is 7.29. The van der Waals surface area contributed by atoms with Gasteiger partial charge in [0, 0.05) is 17.2 Å². The molecule has 0 spiro atoms. The average Bonchev–Trinajstić information content (AvgIpc) is 1.95. The minimum atomic E-state index is -0.232. The molecular formula is C5H4ClNOS2. The maximum atomic E-state index is 11.0. The lowest BCUT2D eigenvalue weighted by atomic mass is 10.5. The van der Waals surface area contributed by atoms with Crippen LogP contribution in [0.2, 0.25) is 5.02 Å². The highest BCUT2D eigenvalue weighted by molar-refractivity contribution is 8.67. The Kier molecular flexibility index (Phi) is 2.71. The first-order valence-corrected chi connectivity index (χ1v) is 4.65. The summed E-state index contributed by atoms with van der Waals surface area (Å²) in [6.07, 6.45) is 1.60. The van der Waals surface area contributed by atoms with Gasteiger partial charge in [-0.05, 0) is 12.1 Å². The van der Waals surface area contributed by atoms with Gasteiger partial charge in [0.1, 0.15) is 5.02 Å². The summed E-state index contributed by atoms with van der Waals surface area (Å²) in [5.41, 5.74) is -0.232. The van der Waals surface area contributed by atoms with Crippen molar-refractivity contribution < 1.29 is 0 Å². The maximum Gasteiger partial charge on any atom is 0.279 e. The lowest BCUT2D eigenvalue weighted by Gasteiger charge is -1.96. The van der Waals surface area contributed by atoms with Crippen LogP contribution in [0, 0.1) is 0 Å². The number of halogens is 1. The third kappa shape index (κ3) is 1.51. The molecule has 0 aliphatic heterocycles. The molecule has 1 aromatic heterocycles. The molecule has 0 N–H and O–H groups in total. The Balaban J connectivity index is 3.28. The third-order valence-corrected chi connectivity index (χ3v) is 2.24. The number of aromatic nitrogens is 1. The molecule has 0 aliphatic carbocycles. The molecular weight excluding hydrogens is 190 g/mol. The summed E-state index contributed by atoms with van der Waals surface area (Å²) in [5, 5.41) is 0.212. The van der Waals surface area contributed by atoms with Crippen LogP contribution in [0.3, 0.4) is 0 Å². The molecule has 0 saturated carbocycles. The van der Waals surface area contributed by atoms with Gasteiger partial charge >= 0.3 is 0 Å². The molecule has 1 rings (SSSR count). The zero-order valence-electron chi connectivity index (χ0n) is 4.82. The van der Waals surface area contributed by atoms with Gasteiger partial charge in [-0.3, -0.25) is 4.79 Å². The molecule has 0 aliphatic rings. The molecule has 0 saturated heterocycles. The number of pyridine rings is 1. The highest BCUT2D eigenvalue weighted by atomic mass is 35.5. The summed E-state index contributed by atoms with van der Waals surface area (Å²) < 4.78 is 1.34. The standard InChI is InChI=1S/C5H4ClNOS2/c6-4-2-1-3-7(10-9)5(4)8/h1-3,9H. The maximum absolute atomic E-state index is 11.0. The van der Waals surface area contributed by atoms with E-state index in [9.17, 15) is 4.79 Å². The Morgan fingerprint density at radius 3 is 2.90 bits per heavy atom. The van der Waals surface area contributed by atoms with Crippen molar-refractivity contribution in [2.45, 2.75) is 0 Å². The van der Waals surface area contributed by atoms with E-state index in [1.54, 1.807) is 18.3 Å². The Hall–Kier alpha value is -0.0600. The molecule has 0 unspecified atom stereocenters. The van der Waals surface area contributed by atoms with Crippen molar-refractivity contribution in [2.75, 3.05) is 0 Å². The van der Waals surface area contributed by atoms with Crippen molar-refractivity contribution in [3.05, 3.63) is 33.7 Å². The SMILES string of the molecule is O=c1c(Cl)cccn1SS. The average molecular weight is 194 g/mol. The fourth-order valence-electron chi connectivity index (χ4n) is 0.514. The number of hydrogen-bond acceptors (Lipinski definition) is 3. The minimum absolute atomic E-state index is 0.212. The molecule has 2 nitrogen and oxygen atoms in total. The van der Waals surface area contributed by atoms with Gasteiger partial charge in [0.25, 0.3) is 5.56 Å². The molecule has 0 amide bonds. The van der Waals surface area contributed by atoms with E-state index in [1.807, 2.05) is 0 Å². The summed E-state index contributed by atoms with van der Waals surface area (Å²) in [7, 11) is 1.02. The van der Waals surface area contributed by atoms with Crippen LogP contribution in [0.5, 0.6) is 0 Å². The van der Waals surface area contributed by atoms with E-state index >= 15 is 0 Å². The summed E-state index contributed by atoms with van der Waals surface area (Å²) in [4.78, 5) is 11.0. The van der Waals surface area contributed by atoms with Crippen LogP contribution in [0.4, 0.5) is 0 Å². The van der Waals surface area contributed by atoms with Crippen molar-refractivity contribution >= 4 is 34.2 Å². The van der Waals surface area contributed by atoms with Crippen molar-refractivity contribution in [1.29, 1.82) is 0 Å². The van der Waals surface area contributed by atoms with Gasteiger partial charge in [-0.15, -0.1) is 0 Å². The largest absolute Gasteiger partial charge is 0.279 e. The van der Waals surface area contributed by atoms with Gasteiger partial charge in [0.2, 0.25) is 0 Å². The van der Waals surface area contributed by atoms with E-state index in [2.05, 4.69) is 11.7 Å². The van der Waals surface area contributed by atoms with Gasteiger partial charge < -0.3 is 0 Å². The van der Waals surface area contributed by atoms with Gasteiger partial charge in [-0.1, -0.05) is 23.3 Å². The lowest BCUT2D eigenvalue weighted by molar-refractivity contribution is 1.16. The van der Waals surface area contributed by atoms with Crippen molar-refractivity contribution in [3.63, 3.8) is 0 Å². The molecule has 0 aromatic carbocycles. The minimum Gasteiger partial charge on any atom is -0.267 e. The van der Waals surface area contributed by atoms with Gasteiger partial charge in [-0.2, -0.15) is 0 Å². The molecule has 0 bridgehead atoms. The first kappa shape index (κ1) is 8.04. The van der Waals surface area contributed by atoms with Gasteiger partial charge in [0.15, 0.2) is 0 Å². The number of nitrogens with zero attached hydrogens (tertiary/aromatic N) is 1. The van der Waals surface area contributed by atoms with Gasteiger partial charge in [0.05, 0.1) is 0 Å². The normalized spacial score (nSPS) is 9.80. The fraction of sp³-hybridized carbons (Fsp3) is 0. The zero-order chi connectivity index (χ0) is 7.56. The van der Waals surface area contributed by atoms with Crippen molar-refractivity contribution in [2.24, 2.45) is 0 Å². The van der Waals surface area contributed by atoms with E-state index < -0.39 is 0 Å². The van der Waals surface area contributed by atoms with Crippen LogP contribution < -0.4 is 5.56 Å². The smallest absolute Gasteiger partial charge is 0.267 e. The second-order valence-electron chi connectivity index (χ2n) is 1.57. The van der Waals surface area contributed by atoms with Crippen molar-refractivity contribution in [1.82, 2.24) is 3.97 Å². The molecule has 0 radical (unpaired) electrons. The fourth-order valence-corrected chi connectivity index (χ4v) is 1.41. The van der Waals surface area contributed by atoms with Crippen LogP contribution >= 0.6 is 34.2 Å². The summed E-state index contributed by atoms with van der Waals surface area (Å²) in [6.45, 7) is 0. The Labute approximate surface area is 72.1 Å². The molecule has 0 fully saturated rings. The second-order valence-corrected chi connectivity index (χ2v) is 3.02. The Bertz CT molecular complexity index is 285. The Morgan fingerprint density at radius 2 is 2.40 bits per heavy atom. The molecule has 5 heteroatoms. The summed E-state index contributed by atoms with van der Waals surface area (Å²) >= 11 is 9.36.